The highest BCUT2D eigenvalue weighted by Crippen LogP contribution is 2.31. The topological polar surface area (TPSA) is 73.6 Å². The lowest BCUT2D eigenvalue weighted by molar-refractivity contribution is -0.126. The Kier molecular flexibility index (Phi) is 6.84. The van der Waals surface area contributed by atoms with E-state index in [1.54, 1.807) is 0 Å². The SMILES string of the molecule is NC[C@H]1CCC[C@H]1C(=O)NCc1cccc(COC2CCOCC2)c1. The Hall–Kier alpha value is -1.43. The number of benzene rings is 1. The lowest BCUT2D eigenvalue weighted by Gasteiger charge is -2.22. The summed E-state index contributed by atoms with van der Waals surface area (Å²) in [4.78, 5) is 12.4. The second kappa shape index (κ2) is 9.32. The largest absolute Gasteiger partial charge is 0.381 e. The Morgan fingerprint density at radius 3 is 2.80 bits per heavy atom. The molecular formula is C20H30N2O3. The Morgan fingerprint density at radius 1 is 1.20 bits per heavy atom. The minimum absolute atomic E-state index is 0.0880. The molecule has 5 heteroatoms. The van der Waals surface area contributed by atoms with E-state index in [2.05, 4.69) is 17.4 Å². The van der Waals surface area contributed by atoms with Gasteiger partial charge in [0, 0.05) is 25.7 Å². The molecule has 0 bridgehead atoms. The zero-order chi connectivity index (χ0) is 17.5. The number of carbonyl (C=O) groups excluding carboxylic acids is 1. The van der Waals surface area contributed by atoms with Crippen molar-refractivity contribution in [2.24, 2.45) is 17.6 Å². The Morgan fingerprint density at radius 2 is 2.00 bits per heavy atom. The summed E-state index contributed by atoms with van der Waals surface area (Å²) in [6, 6.07) is 8.27. The lowest BCUT2D eigenvalue weighted by Crippen LogP contribution is -2.34. The molecule has 2 fully saturated rings. The van der Waals surface area contributed by atoms with E-state index in [4.69, 9.17) is 15.2 Å². The third-order valence-electron chi connectivity index (χ3n) is 5.41. The molecule has 1 aliphatic heterocycles. The fraction of sp³-hybridized carbons (Fsp3) is 0.650. The Labute approximate surface area is 150 Å². The summed E-state index contributed by atoms with van der Waals surface area (Å²) in [6.45, 7) is 3.38. The number of carbonyl (C=O) groups is 1. The van der Waals surface area contributed by atoms with E-state index in [1.165, 1.54) is 0 Å². The van der Waals surface area contributed by atoms with Crippen molar-refractivity contribution in [2.75, 3.05) is 19.8 Å². The molecule has 2 atom stereocenters. The summed E-state index contributed by atoms with van der Waals surface area (Å²) < 4.78 is 11.3. The van der Waals surface area contributed by atoms with Gasteiger partial charge >= 0.3 is 0 Å². The van der Waals surface area contributed by atoms with Crippen molar-refractivity contribution < 1.29 is 14.3 Å². The molecule has 0 radical (unpaired) electrons. The minimum Gasteiger partial charge on any atom is -0.381 e. The Bertz CT molecular complexity index is 558. The molecule has 138 valence electrons. The van der Waals surface area contributed by atoms with Gasteiger partial charge in [-0.05, 0) is 49.3 Å². The fourth-order valence-electron chi connectivity index (χ4n) is 3.87. The zero-order valence-electron chi connectivity index (χ0n) is 14.9. The molecule has 3 rings (SSSR count). The quantitative estimate of drug-likeness (QED) is 0.795. The average molecular weight is 346 g/mol. The molecule has 1 heterocycles. The molecule has 3 N–H and O–H groups in total. The number of nitrogens with two attached hydrogens (primary N) is 1. The van der Waals surface area contributed by atoms with E-state index in [0.717, 1.165) is 56.4 Å². The van der Waals surface area contributed by atoms with Gasteiger partial charge < -0.3 is 20.5 Å². The number of hydrogen-bond acceptors (Lipinski definition) is 4. The molecule has 1 aliphatic carbocycles. The van der Waals surface area contributed by atoms with Gasteiger partial charge in [0.2, 0.25) is 5.91 Å². The zero-order valence-corrected chi connectivity index (χ0v) is 14.9. The Balaban J connectivity index is 1.47. The van der Waals surface area contributed by atoms with Crippen molar-refractivity contribution in [3.63, 3.8) is 0 Å². The standard InChI is InChI=1S/C20H30N2O3/c21-12-17-5-2-6-19(17)20(23)22-13-15-3-1-4-16(11-15)14-25-18-7-9-24-10-8-18/h1,3-4,11,17-19H,2,5-10,12-14,21H2,(H,22,23)/t17-,19-/m1/s1. The summed E-state index contributed by atoms with van der Waals surface area (Å²) in [5.74, 6) is 0.584. The second-order valence-electron chi connectivity index (χ2n) is 7.19. The normalized spacial score (nSPS) is 24.4. The van der Waals surface area contributed by atoms with Crippen LogP contribution in [0.15, 0.2) is 24.3 Å². The number of amides is 1. The maximum atomic E-state index is 12.4. The van der Waals surface area contributed by atoms with Crippen LogP contribution >= 0.6 is 0 Å². The van der Waals surface area contributed by atoms with Gasteiger partial charge in [-0.25, -0.2) is 0 Å². The van der Waals surface area contributed by atoms with E-state index in [1.807, 2.05) is 12.1 Å². The first-order valence-electron chi connectivity index (χ1n) is 9.51. The third kappa shape index (κ3) is 5.27. The minimum atomic E-state index is 0.0880. The molecule has 1 saturated carbocycles. The van der Waals surface area contributed by atoms with E-state index in [0.29, 0.717) is 31.7 Å². The van der Waals surface area contributed by atoms with Crippen LogP contribution in [0.25, 0.3) is 0 Å². The number of nitrogens with one attached hydrogen (secondary N) is 1. The van der Waals surface area contributed by atoms with Crippen LogP contribution in [-0.4, -0.2) is 31.8 Å². The summed E-state index contributed by atoms with van der Waals surface area (Å²) in [7, 11) is 0. The lowest BCUT2D eigenvalue weighted by atomic mass is 9.95. The smallest absolute Gasteiger partial charge is 0.223 e. The van der Waals surface area contributed by atoms with Gasteiger partial charge in [0.15, 0.2) is 0 Å². The van der Waals surface area contributed by atoms with E-state index in [9.17, 15) is 4.79 Å². The fourth-order valence-corrected chi connectivity index (χ4v) is 3.87. The van der Waals surface area contributed by atoms with Crippen LogP contribution in [0.5, 0.6) is 0 Å². The van der Waals surface area contributed by atoms with Crippen molar-refractivity contribution in [3.8, 4) is 0 Å². The first-order valence-corrected chi connectivity index (χ1v) is 9.51. The highest BCUT2D eigenvalue weighted by Gasteiger charge is 2.31. The van der Waals surface area contributed by atoms with Crippen LogP contribution < -0.4 is 11.1 Å². The molecule has 1 aromatic rings. The van der Waals surface area contributed by atoms with Crippen molar-refractivity contribution in [3.05, 3.63) is 35.4 Å². The summed E-state index contributed by atoms with van der Waals surface area (Å²) in [5, 5.41) is 3.09. The monoisotopic (exact) mass is 346 g/mol. The predicted molar refractivity (Wildman–Crippen MR) is 96.8 cm³/mol. The highest BCUT2D eigenvalue weighted by atomic mass is 16.5. The number of rotatable bonds is 7. The maximum Gasteiger partial charge on any atom is 0.223 e. The third-order valence-corrected chi connectivity index (χ3v) is 5.41. The van der Waals surface area contributed by atoms with Gasteiger partial charge in [-0.2, -0.15) is 0 Å². The van der Waals surface area contributed by atoms with Gasteiger partial charge in [-0.1, -0.05) is 30.7 Å². The van der Waals surface area contributed by atoms with Crippen molar-refractivity contribution in [2.45, 2.75) is 51.4 Å². The van der Waals surface area contributed by atoms with Crippen LogP contribution in [0.2, 0.25) is 0 Å². The van der Waals surface area contributed by atoms with Crippen LogP contribution in [0.4, 0.5) is 0 Å². The molecule has 2 aliphatic rings. The van der Waals surface area contributed by atoms with Crippen molar-refractivity contribution >= 4 is 5.91 Å². The molecule has 0 aromatic heterocycles. The number of ether oxygens (including phenoxy) is 2. The molecule has 1 aromatic carbocycles. The average Bonchev–Trinajstić information content (AvgIpc) is 3.14. The van der Waals surface area contributed by atoms with Gasteiger partial charge in [-0.15, -0.1) is 0 Å². The van der Waals surface area contributed by atoms with Gasteiger partial charge in [-0.3, -0.25) is 4.79 Å². The molecule has 5 nitrogen and oxygen atoms in total. The van der Waals surface area contributed by atoms with Gasteiger partial charge in [0.25, 0.3) is 0 Å². The molecule has 0 unspecified atom stereocenters. The predicted octanol–water partition coefficient (Wildman–Crippen LogP) is 2.37. The van der Waals surface area contributed by atoms with E-state index < -0.39 is 0 Å². The summed E-state index contributed by atoms with van der Waals surface area (Å²) in [6.07, 6.45) is 5.39. The summed E-state index contributed by atoms with van der Waals surface area (Å²) >= 11 is 0. The van der Waals surface area contributed by atoms with Crippen LogP contribution in [0, 0.1) is 11.8 Å². The number of hydrogen-bond donors (Lipinski definition) is 2. The summed E-state index contributed by atoms with van der Waals surface area (Å²) in [5.41, 5.74) is 8.05. The first-order chi connectivity index (χ1) is 12.3. The molecule has 1 amide bonds. The van der Waals surface area contributed by atoms with Crippen LogP contribution in [0.1, 0.15) is 43.2 Å². The van der Waals surface area contributed by atoms with Gasteiger partial charge in [0.05, 0.1) is 12.7 Å². The maximum absolute atomic E-state index is 12.4. The molecule has 0 spiro atoms. The van der Waals surface area contributed by atoms with Crippen molar-refractivity contribution in [1.29, 1.82) is 0 Å². The molecule has 1 saturated heterocycles. The second-order valence-corrected chi connectivity index (χ2v) is 7.19. The van der Waals surface area contributed by atoms with Crippen LogP contribution in [-0.2, 0) is 27.4 Å². The van der Waals surface area contributed by atoms with E-state index >= 15 is 0 Å². The molecular weight excluding hydrogens is 316 g/mol. The van der Waals surface area contributed by atoms with Gasteiger partial charge in [0.1, 0.15) is 0 Å². The first kappa shape index (κ1) is 18.4. The van der Waals surface area contributed by atoms with Crippen LogP contribution in [0.3, 0.4) is 0 Å². The molecule has 25 heavy (non-hydrogen) atoms. The highest BCUT2D eigenvalue weighted by molar-refractivity contribution is 5.79. The van der Waals surface area contributed by atoms with Crippen molar-refractivity contribution in [1.82, 2.24) is 5.32 Å². The van der Waals surface area contributed by atoms with E-state index in [-0.39, 0.29) is 11.8 Å².